The quantitative estimate of drug-likeness (QED) is 0.682. The summed E-state index contributed by atoms with van der Waals surface area (Å²) in [5.74, 6) is -0.395. The van der Waals surface area contributed by atoms with Gasteiger partial charge in [-0.05, 0) is 59.5 Å². The Morgan fingerprint density at radius 1 is 0.968 bits per heavy atom. The number of benzene rings is 3. The third-order valence-corrected chi connectivity index (χ3v) is 5.63. The van der Waals surface area contributed by atoms with Gasteiger partial charge in [-0.1, -0.05) is 36.4 Å². The molecule has 0 saturated carbocycles. The van der Waals surface area contributed by atoms with Crippen LogP contribution in [-0.2, 0) is 6.54 Å². The Hall–Kier alpha value is -3.69. The Kier molecular flexibility index (Phi) is 6.25. The number of nitrogens with zero attached hydrogens (tertiary/aromatic N) is 2. The molecule has 0 radical (unpaired) electrons. The molecule has 0 bridgehead atoms. The van der Waals surface area contributed by atoms with Crippen LogP contribution in [0.3, 0.4) is 0 Å². The van der Waals surface area contributed by atoms with Gasteiger partial charge in [0.05, 0.1) is 11.6 Å². The summed E-state index contributed by atoms with van der Waals surface area (Å²) in [4.78, 5) is 26.6. The van der Waals surface area contributed by atoms with E-state index in [0.29, 0.717) is 11.1 Å². The summed E-state index contributed by atoms with van der Waals surface area (Å²) >= 11 is 0. The number of nitrogens with one attached hydrogen (secondary N) is 2. The highest BCUT2D eigenvalue weighted by atomic mass is 16.2. The molecular weight excluding hydrogens is 388 g/mol. The number of hydrogen-bond donors (Lipinski definition) is 2. The van der Waals surface area contributed by atoms with Crippen LogP contribution in [0.5, 0.6) is 0 Å². The number of nitriles is 1. The van der Waals surface area contributed by atoms with Gasteiger partial charge in [-0.15, -0.1) is 0 Å². The van der Waals surface area contributed by atoms with Crippen molar-refractivity contribution in [2.75, 3.05) is 13.1 Å². The summed E-state index contributed by atoms with van der Waals surface area (Å²) in [6.45, 7) is 2.60. The number of likely N-dealkylation sites (tertiary alicyclic amines) is 1. The average Bonchev–Trinajstić information content (AvgIpc) is 2.80. The molecule has 156 valence electrons. The molecule has 0 atom stereocenters. The molecule has 1 aliphatic heterocycles. The Morgan fingerprint density at radius 3 is 2.42 bits per heavy atom. The van der Waals surface area contributed by atoms with E-state index < -0.39 is 11.9 Å². The third kappa shape index (κ3) is 5.27. The normalized spacial score (nSPS) is 14.7. The van der Waals surface area contributed by atoms with Crippen LogP contribution in [-0.4, -0.2) is 36.0 Å². The number of carbonyl (C=O) groups is 2. The van der Waals surface area contributed by atoms with Crippen molar-refractivity contribution in [1.29, 1.82) is 5.26 Å². The molecule has 3 aromatic carbocycles. The molecule has 6 nitrogen and oxygen atoms in total. The molecule has 0 aliphatic carbocycles. The van der Waals surface area contributed by atoms with Crippen LogP contribution in [0.4, 0.5) is 4.79 Å². The number of urea groups is 1. The first-order valence-electron chi connectivity index (χ1n) is 10.4. The highest BCUT2D eigenvalue weighted by molar-refractivity contribution is 6.04. The van der Waals surface area contributed by atoms with E-state index in [4.69, 9.17) is 5.26 Å². The van der Waals surface area contributed by atoms with Gasteiger partial charge in [0.1, 0.15) is 0 Å². The van der Waals surface area contributed by atoms with Crippen molar-refractivity contribution < 1.29 is 9.59 Å². The average molecular weight is 412 g/mol. The van der Waals surface area contributed by atoms with Crippen LogP contribution < -0.4 is 10.6 Å². The van der Waals surface area contributed by atoms with Crippen LogP contribution in [0.1, 0.15) is 34.3 Å². The molecule has 0 aromatic heterocycles. The number of hydrogen-bond acceptors (Lipinski definition) is 4. The number of piperidine rings is 1. The molecule has 4 rings (SSSR count). The van der Waals surface area contributed by atoms with Crippen molar-refractivity contribution in [2.24, 2.45) is 0 Å². The summed E-state index contributed by atoms with van der Waals surface area (Å²) in [6, 6.07) is 22.6. The van der Waals surface area contributed by atoms with E-state index in [0.717, 1.165) is 43.2 Å². The lowest BCUT2D eigenvalue weighted by Crippen LogP contribution is -2.49. The molecule has 3 amide bonds. The van der Waals surface area contributed by atoms with Crippen molar-refractivity contribution in [3.05, 3.63) is 83.4 Å². The lowest BCUT2D eigenvalue weighted by molar-refractivity contribution is 0.0961. The minimum absolute atomic E-state index is 0.0563. The van der Waals surface area contributed by atoms with Crippen LogP contribution >= 0.6 is 0 Å². The van der Waals surface area contributed by atoms with Crippen molar-refractivity contribution in [3.63, 3.8) is 0 Å². The third-order valence-electron chi connectivity index (χ3n) is 5.63. The highest BCUT2D eigenvalue weighted by Crippen LogP contribution is 2.20. The number of fused-ring (bicyclic) bond motifs is 1. The van der Waals surface area contributed by atoms with Crippen LogP contribution in [0.15, 0.2) is 66.7 Å². The number of amides is 3. The zero-order chi connectivity index (χ0) is 21.6. The van der Waals surface area contributed by atoms with Gasteiger partial charge in [0.15, 0.2) is 0 Å². The Bertz CT molecular complexity index is 1130. The highest BCUT2D eigenvalue weighted by Gasteiger charge is 2.21. The maximum Gasteiger partial charge on any atom is 0.321 e. The molecule has 31 heavy (non-hydrogen) atoms. The van der Waals surface area contributed by atoms with Gasteiger partial charge < -0.3 is 5.32 Å². The van der Waals surface area contributed by atoms with Crippen molar-refractivity contribution in [3.8, 4) is 6.07 Å². The van der Waals surface area contributed by atoms with Crippen molar-refractivity contribution in [1.82, 2.24) is 15.5 Å². The summed E-state index contributed by atoms with van der Waals surface area (Å²) in [7, 11) is 0. The van der Waals surface area contributed by atoms with Crippen molar-refractivity contribution in [2.45, 2.75) is 25.4 Å². The zero-order valence-electron chi connectivity index (χ0n) is 17.2. The topological polar surface area (TPSA) is 85.2 Å². The van der Waals surface area contributed by atoms with Gasteiger partial charge in [-0.2, -0.15) is 5.26 Å². The smallest absolute Gasteiger partial charge is 0.321 e. The van der Waals surface area contributed by atoms with Gasteiger partial charge in [0.25, 0.3) is 5.91 Å². The van der Waals surface area contributed by atoms with Crippen molar-refractivity contribution >= 4 is 22.7 Å². The number of carbonyl (C=O) groups excluding carboxylic acids is 2. The summed E-state index contributed by atoms with van der Waals surface area (Å²) < 4.78 is 0. The molecular formula is C25H24N4O2. The van der Waals surface area contributed by atoms with Gasteiger partial charge in [-0.25, -0.2) is 4.79 Å². The van der Waals surface area contributed by atoms with E-state index in [1.165, 1.54) is 5.56 Å². The van der Waals surface area contributed by atoms with Gasteiger partial charge >= 0.3 is 6.03 Å². The minimum atomic E-state index is -0.446. The lowest BCUT2D eigenvalue weighted by atomic mass is 10.0. The summed E-state index contributed by atoms with van der Waals surface area (Å²) in [6.07, 6.45) is 1.68. The molecule has 0 spiro atoms. The van der Waals surface area contributed by atoms with Gasteiger partial charge in [0, 0.05) is 31.2 Å². The minimum Gasteiger partial charge on any atom is -0.335 e. The van der Waals surface area contributed by atoms with Gasteiger partial charge in [0.2, 0.25) is 0 Å². The first kappa shape index (κ1) is 20.6. The number of rotatable bonds is 4. The first-order valence-corrected chi connectivity index (χ1v) is 10.4. The van der Waals surface area contributed by atoms with Gasteiger partial charge in [-0.3, -0.25) is 15.0 Å². The summed E-state index contributed by atoms with van der Waals surface area (Å²) in [5, 5.41) is 16.6. The molecule has 1 aliphatic rings. The Morgan fingerprint density at radius 2 is 1.68 bits per heavy atom. The van der Waals surface area contributed by atoms with E-state index in [-0.39, 0.29) is 6.04 Å². The maximum absolute atomic E-state index is 12.2. The van der Waals surface area contributed by atoms with E-state index in [2.05, 4.69) is 39.8 Å². The predicted octanol–water partition coefficient (Wildman–Crippen LogP) is 3.82. The summed E-state index contributed by atoms with van der Waals surface area (Å²) in [5.41, 5.74) is 2.37. The fourth-order valence-electron chi connectivity index (χ4n) is 3.94. The van der Waals surface area contributed by atoms with Crippen LogP contribution in [0.25, 0.3) is 10.8 Å². The second-order valence-corrected chi connectivity index (χ2v) is 7.85. The first-order chi connectivity index (χ1) is 15.1. The SMILES string of the molecule is N#Cc1ccc2cc(CN3CCC(NC(=O)NC(=O)c4ccccc4)CC3)ccc2c1. The van der Waals surface area contributed by atoms with E-state index in [1.807, 2.05) is 24.3 Å². The molecule has 0 unspecified atom stereocenters. The van der Waals surface area contributed by atoms with Crippen LogP contribution in [0.2, 0.25) is 0 Å². The molecule has 1 heterocycles. The maximum atomic E-state index is 12.2. The molecule has 1 fully saturated rings. The zero-order valence-corrected chi connectivity index (χ0v) is 17.2. The standard InChI is InChI=1S/C25H24N4O2/c26-16-18-6-8-22-15-19(7-9-21(22)14-18)17-29-12-10-23(11-13-29)27-25(31)28-24(30)20-4-2-1-3-5-20/h1-9,14-15,23H,10-13,17H2,(H2,27,28,30,31). The van der Waals surface area contributed by atoms with E-state index in [1.54, 1.807) is 24.3 Å². The molecule has 2 N–H and O–H groups in total. The fourth-order valence-corrected chi connectivity index (χ4v) is 3.94. The molecule has 1 saturated heterocycles. The molecule has 3 aromatic rings. The van der Waals surface area contributed by atoms with E-state index >= 15 is 0 Å². The lowest BCUT2D eigenvalue weighted by Gasteiger charge is -2.32. The Labute approximate surface area is 181 Å². The fraction of sp³-hybridized carbons (Fsp3) is 0.240. The second-order valence-electron chi connectivity index (χ2n) is 7.85. The number of imide groups is 1. The monoisotopic (exact) mass is 412 g/mol. The predicted molar refractivity (Wildman–Crippen MR) is 119 cm³/mol. The largest absolute Gasteiger partial charge is 0.335 e. The van der Waals surface area contributed by atoms with E-state index in [9.17, 15) is 9.59 Å². The second kappa shape index (κ2) is 9.41. The molecule has 6 heteroatoms. The van der Waals surface area contributed by atoms with Crippen LogP contribution in [0, 0.1) is 11.3 Å². The Balaban J connectivity index is 1.26.